The zero-order valence-electron chi connectivity index (χ0n) is 7.06. The molecule has 0 aromatic carbocycles. The summed E-state index contributed by atoms with van der Waals surface area (Å²) in [7, 11) is 0. The van der Waals surface area contributed by atoms with Gasteiger partial charge in [0.2, 0.25) is 0 Å². The third-order valence-electron chi connectivity index (χ3n) is 1.64. The molecule has 0 saturated heterocycles. The van der Waals surface area contributed by atoms with Crippen LogP contribution in [-0.4, -0.2) is 17.1 Å². The maximum atomic E-state index is 10.6. The number of aryl methyl sites for hydroxylation is 1. The molecule has 68 valence electrons. The highest BCUT2D eigenvalue weighted by atomic mass is 16.2. The fourth-order valence-electron chi connectivity index (χ4n) is 0.910. The third-order valence-corrected chi connectivity index (χ3v) is 1.64. The molecule has 1 rings (SSSR count). The van der Waals surface area contributed by atoms with Crippen molar-refractivity contribution < 1.29 is 9.59 Å². The standard InChI is InChI=1S/C9H10N2O2/c10-9-4-2-7(5-11-9)1-3-8(13)6-12/h2,4-6H,1,3H2,(H2,10,11). The molecule has 4 heteroatoms. The third kappa shape index (κ3) is 3.02. The highest BCUT2D eigenvalue weighted by Crippen LogP contribution is 2.03. The van der Waals surface area contributed by atoms with E-state index in [2.05, 4.69) is 4.98 Å². The van der Waals surface area contributed by atoms with E-state index in [0.717, 1.165) is 5.56 Å². The minimum absolute atomic E-state index is 0.231. The van der Waals surface area contributed by atoms with E-state index in [1.807, 2.05) is 0 Å². The van der Waals surface area contributed by atoms with E-state index in [1.54, 1.807) is 18.3 Å². The van der Waals surface area contributed by atoms with Gasteiger partial charge in [0.1, 0.15) is 5.82 Å². The number of nitrogen functional groups attached to an aromatic ring is 1. The molecule has 0 atom stereocenters. The number of hydrogen-bond donors (Lipinski definition) is 1. The Labute approximate surface area is 75.8 Å². The molecule has 1 aromatic heterocycles. The number of hydrogen-bond acceptors (Lipinski definition) is 4. The summed E-state index contributed by atoms with van der Waals surface area (Å²) in [5.74, 6) is 0.0577. The lowest BCUT2D eigenvalue weighted by Crippen LogP contribution is -2.01. The number of aldehydes is 1. The Kier molecular flexibility index (Phi) is 3.14. The van der Waals surface area contributed by atoms with Gasteiger partial charge in [-0.2, -0.15) is 0 Å². The van der Waals surface area contributed by atoms with Crippen LogP contribution in [0.3, 0.4) is 0 Å². The predicted molar refractivity (Wildman–Crippen MR) is 48.0 cm³/mol. The Morgan fingerprint density at radius 1 is 1.54 bits per heavy atom. The molecule has 0 aliphatic heterocycles. The number of ketones is 1. The fraction of sp³-hybridized carbons (Fsp3) is 0.222. The van der Waals surface area contributed by atoms with E-state index < -0.39 is 5.78 Å². The van der Waals surface area contributed by atoms with Crippen LogP contribution in [0.2, 0.25) is 0 Å². The van der Waals surface area contributed by atoms with Crippen molar-refractivity contribution >= 4 is 17.9 Å². The second-order valence-electron chi connectivity index (χ2n) is 2.68. The molecule has 0 amide bonds. The number of nitrogens with zero attached hydrogens (tertiary/aromatic N) is 1. The molecule has 1 heterocycles. The molecule has 0 fully saturated rings. The van der Waals surface area contributed by atoms with Crippen LogP contribution in [0.5, 0.6) is 0 Å². The number of nitrogens with two attached hydrogens (primary N) is 1. The minimum Gasteiger partial charge on any atom is -0.384 e. The van der Waals surface area contributed by atoms with Crippen LogP contribution in [-0.2, 0) is 16.0 Å². The van der Waals surface area contributed by atoms with Gasteiger partial charge in [-0.15, -0.1) is 0 Å². The average Bonchev–Trinajstić information content (AvgIpc) is 2.16. The number of carbonyl (C=O) groups excluding carboxylic acids is 2. The summed E-state index contributed by atoms with van der Waals surface area (Å²) < 4.78 is 0. The van der Waals surface area contributed by atoms with Gasteiger partial charge in [0.15, 0.2) is 12.1 Å². The normalized spacial score (nSPS) is 9.54. The van der Waals surface area contributed by atoms with Gasteiger partial charge in [-0.25, -0.2) is 4.98 Å². The Morgan fingerprint density at radius 3 is 2.85 bits per heavy atom. The summed E-state index contributed by atoms with van der Waals surface area (Å²) in [6.45, 7) is 0. The second kappa shape index (κ2) is 4.35. The Bertz CT molecular complexity index is 306. The second-order valence-corrected chi connectivity index (χ2v) is 2.68. The molecule has 1 aromatic rings. The summed E-state index contributed by atoms with van der Waals surface area (Å²) >= 11 is 0. The molecule has 13 heavy (non-hydrogen) atoms. The fourth-order valence-corrected chi connectivity index (χ4v) is 0.910. The number of pyridine rings is 1. The summed E-state index contributed by atoms with van der Waals surface area (Å²) in [6, 6.07) is 3.46. The van der Waals surface area contributed by atoms with Crippen LogP contribution in [0.4, 0.5) is 5.82 Å². The van der Waals surface area contributed by atoms with Crippen LogP contribution < -0.4 is 5.73 Å². The van der Waals surface area contributed by atoms with Crippen molar-refractivity contribution in [1.29, 1.82) is 0 Å². The van der Waals surface area contributed by atoms with Gasteiger partial charge in [0.05, 0.1) is 0 Å². The first kappa shape index (κ1) is 9.38. The number of rotatable bonds is 4. The quantitative estimate of drug-likeness (QED) is 0.533. The zero-order valence-corrected chi connectivity index (χ0v) is 7.06. The van der Waals surface area contributed by atoms with Gasteiger partial charge in [0, 0.05) is 12.6 Å². The lowest BCUT2D eigenvalue weighted by molar-refractivity contribution is -0.129. The van der Waals surface area contributed by atoms with E-state index in [1.165, 1.54) is 0 Å². The van der Waals surface area contributed by atoms with Crippen molar-refractivity contribution in [3.05, 3.63) is 23.9 Å². The first-order valence-corrected chi connectivity index (χ1v) is 3.91. The maximum absolute atomic E-state index is 10.6. The number of Topliss-reactive ketones (excluding diaryl/α,β-unsaturated/α-hetero) is 1. The number of carbonyl (C=O) groups is 2. The molecule has 0 aliphatic carbocycles. The molecule has 0 spiro atoms. The molecule has 0 bridgehead atoms. The molecular weight excluding hydrogens is 168 g/mol. The lowest BCUT2D eigenvalue weighted by Gasteiger charge is -1.97. The van der Waals surface area contributed by atoms with Crippen molar-refractivity contribution in [3.8, 4) is 0 Å². The van der Waals surface area contributed by atoms with Crippen molar-refractivity contribution in [2.45, 2.75) is 12.8 Å². The highest BCUT2D eigenvalue weighted by molar-refractivity contribution is 6.24. The SMILES string of the molecule is Nc1ccc(CCC(=O)C=O)cn1. The van der Waals surface area contributed by atoms with Crippen LogP contribution in [0.1, 0.15) is 12.0 Å². The predicted octanol–water partition coefficient (Wildman–Crippen LogP) is 0.364. The Morgan fingerprint density at radius 2 is 2.31 bits per heavy atom. The van der Waals surface area contributed by atoms with E-state index >= 15 is 0 Å². The van der Waals surface area contributed by atoms with Gasteiger partial charge < -0.3 is 5.73 Å². The van der Waals surface area contributed by atoms with Crippen molar-refractivity contribution in [3.63, 3.8) is 0 Å². The van der Waals surface area contributed by atoms with Crippen LogP contribution in [0, 0.1) is 0 Å². The van der Waals surface area contributed by atoms with Gasteiger partial charge in [0.25, 0.3) is 0 Å². The summed E-state index contributed by atoms with van der Waals surface area (Å²) in [6.07, 6.45) is 2.71. The van der Waals surface area contributed by atoms with Crippen LogP contribution in [0.15, 0.2) is 18.3 Å². The topological polar surface area (TPSA) is 73.1 Å². The Hall–Kier alpha value is -1.71. The number of anilines is 1. The summed E-state index contributed by atoms with van der Waals surface area (Å²) in [4.78, 5) is 24.5. The van der Waals surface area contributed by atoms with Crippen molar-refractivity contribution in [2.24, 2.45) is 0 Å². The molecular formula is C9H10N2O2. The Balaban J connectivity index is 2.50. The van der Waals surface area contributed by atoms with Gasteiger partial charge in [-0.1, -0.05) is 6.07 Å². The smallest absolute Gasteiger partial charge is 0.195 e. The van der Waals surface area contributed by atoms with Crippen molar-refractivity contribution in [1.82, 2.24) is 4.98 Å². The molecule has 0 saturated carbocycles. The molecule has 4 nitrogen and oxygen atoms in total. The largest absolute Gasteiger partial charge is 0.384 e. The number of aromatic nitrogens is 1. The monoisotopic (exact) mass is 178 g/mol. The van der Waals surface area contributed by atoms with E-state index in [4.69, 9.17) is 5.73 Å². The maximum Gasteiger partial charge on any atom is 0.195 e. The average molecular weight is 178 g/mol. The van der Waals surface area contributed by atoms with Gasteiger partial charge >= 0.3 is 0 Å². The van der Waals surface area contributed by atoms with Crippen LogP contribution >= 0.6 is 0 Å². The van der Waals surface area contributed by atoms with Crippen LogP contribution in [0.25, 0.3) is 0 Å². The first-order valence-electron chi connectivity index (χ1n) is 3.91. The van der Waals surface area contributed by atoms with E-state index in [-0.39, 0.29) is 6.42 Å². The van der Waals surface area contributed by atoms with E-state index in [9.17, 15) is 9.59 Å². The summed E-state index contributed by atoms with van der Waals surface area (Å²) in [5.41, 5.74) is 6.28. The zero-order chi connectivity index (χ0) is 9.68. The molecule has 2 N–H and O–H groups in total. The minimum atomic E-state index is -0.392. The lowest BCUT2D eigenvalue weighted by atomic mass is 10.1. The van der Waals surface area contributed by atoms with Gasteiger partial charge in [-0.3, -0.25) is 9.59 Å². The van der Waals surface area contributed by atoms with Crippen molar-refractivity contribution in [2.75, 3.05) is 5.73 Å². The van der Waals surface area contributed by atoms with E-state index in [0.29, 0.717) is 18.5 Å². The molecule has 0 unspecified atom stereocenters. The first-order chi connectivity index (χ1) is 6.22. The molecule has 0 radical (unpaired) electrons. The summed E-state index contributed by atoms with van der Waals surface area (Å²) in [5, 5.41) is 0. The molecule has 0 aliphatic rings. The highest BCUT2D eigenvalue weighted by Gasteiger charge is 2.00. The van der Waals surface area contributed by atoms with Gasteiger partial charge in [-0.05, 0) is 18.1 Å².